The molecule has 1 aromatic rings. The summed E-state index contributed by atoms with van der Waals surface area (Å²) in [4.78, 5) is 14.0. The van der Waals surface area contributed by atoms with Crippen LogP contribution in [0.4, 0.5) is 0 Å². The van der Waals surface area contributed by atoms with E-state index in [-0.39, 0.29) is 24.4 Å². The highest BCUT2D eigenvalue weighted by molar-refractivity contribution is 5.95. The van der Waals surface area contributed by atoms with Gasteiger partial charge in [-0.25, -0.2) is 0 Å². The molecule has 0 aliphatic carbocycles. The van der Waals surface area contributed by atoms with Crippen molar-refractivity contribution in [2.24, 2.45) is 5.73 Å². The number of benzene rings is 1. The maximum atomic E-state index is 12.3. The molecule has 0 bridgehead atoms. The summed E-state index contributed by atoms with van der Waals surface area (Å²) in [5.41, 5.74) is 6.16. The molecule has 1 unspecified atom stereocenters. The van der Waals surface area contributed by atoms with Crippen molar-refractivity contribution in [2.75, 3.05) is 26.8 Å². The molecule has 0 aliphatic heterocycles. The van der Waals surface area contributed by atoms with E-state index in [1.807, 2.05) is 20.8 Å². The highest BCUT2D eigenvalue weighted by Crippen LogP contribution is 2.29. The molecule has 0 heterocycles. The van der Waals surface area contributed by atoms with Gasteiger partial charge in [-0.1, -0.05) is 0 Å². The molecule has 1 atom stereocenters. The van der Waals surface area contributed by atoms with E-state index < -0.39 is 0 Å². The zero-order valence-corrected chi connectivity index (χ0v) is 13.9. The lowest BCUT2D eigenvalue weighted by Crippen LogP contribution is -2.39. The highest BCUT2D eigenvalue weighted by Gasteiger charge is 2.18. The SMILES string of the molecule is CCOc1ccc(C(=O)N(C)C(C)CN)cc1OCC.Cl. The Morgan fingerprint density at radius 1 is 1.24 bits per heavy atom. The second-order valence-corrected chi connectivity index (χ2v) is 4.53. The normalized spacial score (nSPS) is 11.3. The Hall–Kier alpha value is -1.46. The topological polar surface area (TPSA) is 64.8 Å². The van der Waals surface area contributed by atoms with Crippen LogP contribution in [0.15, 0.2) is 18.2 Å². The van der Waals surface area contributed by atoms with Crippen LogP contribution in [0.5, 0.6) is 11.5 Å². The minimum Gasteiger partial charge on any atom is -0.490 e. The number of hydrogen-bond donors (Lipinski definition) is 1. The summed E-state index contributed by atoms with van der Waals surface area (Å²) in [5, 5.41) is 0. The quantitative estimate of drug-likeness (QED) is 0.838. The van der Waals surface area contributed by atoms with Gasteiger partial charge in [-0.15, -0.1) is 12.4 Å². The summed E-state index contributed by atoms with van der Waals surface area (Å²) in [6, 6.07) is 5.22. The lowest BCUT2D eigenvalue weighted by Gasteiger charge is -2.24. The third-order valence-corrected chi connectivity index (χ3v) is 3.11. The number of amides is 1. The van der Waals surface area contributed by atoms with Crippen LogP contribution < -0.4 is 15.2 Å². The van der Waals surface area contributed by atoms with E-state index in [0.29, 0.717) is 36.8 Å². The van der Waals surface area contributed by atoms with Crippen molar-refractivity contribution in [3.05, 3.63) is 23.8 Å². The Labute approximate surface area is 132 Å². The van der Waals surface area contributed by atoms with Gasteiger partial charge in [-0.3, -0.25) is 4.79 Å². The molecule has 1 aromatic carbocycles. The summed E-state index contributed by atoms with van der Waals surface area (Å²) in [6.07, 6.45) is 0. The summed E-state index contributed by atoms with van der Waals surface area (Å²) in [7, 11) is 1.75. The van der Waals surface area contributed by atoms with Gasteiger partial charge in [0.15, 0.2) is 11.5 Å². The largest absolute Gasteiger partial charge is 0.490 e. The van der Waals surface area contributed by atoms with E-state index in [1.54, 1.807) is 30.1 Å². The molecule has 0 saturated heterocycles. The minimum atomic E-state index is -0.0769. The number of nitrogens with two attached hydrogens (primary N) is 1. The number of halogens is 1. The Bertz CT molecular complexity index is 455. The summed E-state index contributed by atoms with van der Waals surface area (Å²) in [6.45, 7) is 7.22. The number of carbonyl (C=O) groups excluding carboxylic acids is 1. The predicted octanol–water partition coefficient (Wildman–Crippen LogP) is 2.33. The molecular formula is C15H25ClN2O3. The summed E-state index contributed by atoms with van der Waals surface area (Å²) < 4.78 is 11.0. The van der Waals surface area contributed by atoms with Gasteiger partial charge in [0.2, 0.25) is 0 Å². The molecule has 6 heteroatoms. The molecule has 120 valence electrons. The first-order chi connectivity index (χ1) is 9.54. The van der Waals surface area contributed by atoms with Gasteiger partial charge in [-0.2, -0.15) is 0 Å². The average Bonchev–Trinajstić information content (AvgIpc) is 2.47. The molecule has 21 heavy (non-hydrogen) atoms. The van der Waals surface area contributed by atoms with Crippen LogP contribution in [0.25, 0.3) is 0 Å². The Kier molecular flexibility index (Phi) is 8.81. The lowest BCUT2D eigenvalue weighted by atomic mass is 10.1. The number of hydrogen-bond acceptors (Lipinski definition) is 4. The average molecular weight is 317 g/mol. The van der Waals surface area contributed by atoms with E-state index >= 15 is 0 Å². The van der Waals surface area contributed by atoms with Gasteiger partial charge in [-0.05, 0) is 39.0 Å². The second kappa shape index (κ2) is 9.47. The van der Waals surface area contributed by atoms with Gasteiger partial charge in [0.1, 0.15) is 0 Å². The minimum absolute atomic E-state index is 0. The van der Waals surface area contributed by atoms with Crippen molar-refractivity contribution in [1.29, 1.82) is 0 Å². The van der Waals surface area contributed by atoms with Crippen molar-refractivity contribution >= 4 is 18.3 Å². The molecule has 0 aliphatic rings. The number of rotatable bonds is 7. The van der Waals surface area contributed by atoms with Gasteiger partial charge in [0.25, 0.3) is 5.91 Å². The molecule has 2 N–H and O–H groups in total. The number of nitrogens with zero attached hydrogens (tertiary/aromatic N) is 1. The van der Waals surface area contributed by atoms with E-state index in [1.165, 1.54) is 0 Å². The molecule has 0 aromatic heterocycles. The Balaban J connectivity index is 0.00000400. The van der Waals surface area contributed by atoms with Gasteiger partial charge >= 0.3 is 0 Å². The molecule has 0 saturated carbocycles. The van der Waals surface area contributed by atoms with Crippen LogP contribution >= 0.6 is 12.4 Å². The molecule has 5 nitrogen and oxygen atoms in total. The zero-order valence-electron chi connectivity index (χ0n) is 13.1. The molecule has 1 amide bonds. The first-order valence-corrected chi connectivity index (χ1v) is 6.91. The molecule has 0 radical (unpaired) electrons. The van der Waals surface area contributed by atoms with Crippen LogP contribution in [0.2, 0.25) is 0 Å². The van der Waals surface area contributed by atoms with E-state index in [2.05, 4.69) is 0 Å². The van der Waals surface area contributed by atoms with E-state index in [0.717, 1.165) is 0 Å². The Morgan fingerprint density at radius 3 is 2.33 bits per heavy atom. The first-order valence-electron chi connectivity index (χ1n) is 6.91. The van der Waals surface area contributed by atoms with Crippen molar-refractivity contribution in [1.82, 2.24) is 4.90 Å². The van der Waals surface area contributed by atoms with Crippen molar-refractivity contribution in [3.63, 3.8) is 0 Å². The van der Waals surface area contributed by atoms with Crippen molar-refractivity contribution < 1.29 is 14.3 Å². The number of carbonyl (C=O) groups is 1. The standard InChI is InChI=1S/C15H24N2O3.ClH/c1-5-19-13-8-7-12(9-14(13)20-6-2)15(18)17(4)11(3)10-16;/h7-9,11H,5-6,10,16H2,1-4H3;1H. The fourth-order valence-electron chi connectivity index (χ4n) is 1.75. The maximum absolute atomic E-state index is 12.3. The highest BCUT2D eigenvalue weighted by atomic mass is 35.5. The fourth-order valence-corrected chi connectivity index (χ4v) is 1.75. The van der Waals surface area contributed by atoms with Crippen LogP contribution in [0, 0.1) is 0 Å². The van der Waals surface area contributed by atoms with E-state index in [9.17, 15) is 4.79 Å². The zero-order chi connectivity index (χ0) is 15.1. The monoisotopic (exact) mass is 316 g/mol. The van der Waals surface area contributed by atoms with Gasteiger partial charge < -0.3 is 20.1 Å². The third-order valence-electron chi connectivity index (χ3n) is 3.11. The Morgan fingerprint density at radius 2 is 1.81 bits per heavy atom. The van der Waals surface area contributed by atoms with Crippen LogP contribution in [-0.2, 0) is 0 Å². The first kappa shape index (κ1) is 19.5. The maximum Gasteiger partial charge on any atom is 0.254 e. The predicted molar refractivity (Wildman–Crippen MR) is 86.6 cm³/mol. The number of ether oxygens (including phenoxy) is 2. The van der Waals surface area contributed by atoms with Crippen LogP contribution in [0.1, 0.15) is 31.1 Å². The smallest absolute Gasteiger partial charge is 0.254 e. The lowest BCUT2D eigenvalue weighted by molar-refractivity contribution is 0.0748. The number of likely N-dealkylation sites (N-methyl/N-ethyl adjacent to an activating group) is 1. The molecule has 0 fully saturated rings. The van der Waals surface area contributed by atoms with Crippen molar-refractivity contribution in [2.45, 2.75) is 26.8 Å². The third kappa shape index (κ3) is 5.10. The van der Waals surface area contributed by atoms with Crippen LogP contribution in [0.3, 0.4) is 0 Å². The molecule has 1 rings (SSSR count). The van der Waals surface area contributed by atoms with Crippen LogP contribution in [-0.4, -0.2) is 43.7 Å². The molecule has 0 spiro atoms. The van der Waals surface area contributed by atoms with Gasteiger partial charge in [0.05, 0.1) is 13.2 Å². The summed E-state index contributed by atoms with van der Waals surface area (Å²) >= 11 is 0. The summed E-state index contributed by atoms with van der Waals surface area (Å²) in [5.74, 6) is 1.17. The second-order valence-electron chi connectivity index (χ2n) is 4.53. The van der Waals surface area contributed by atoms with Crippen molar-refractivity contribution in [3.8, 4) is 11.5 Å². The molecular weight excluding hydrogens is 292 g/mol. The van der Waals surface area contributed by atoms with Gasteiger partial charge in [0, 0.05) is 25.2 Å². The fraction of sp³-hybridized carbons (Fsp3) is 0.533. The van der Waals surface area contributed by atoms with E-state index in [4.69, 9.17) is 15.2 Å².